The number of carbonyl (C=O) groups is 1. The largest absolute Gasteiger partial charge is 0.465 e. The second-order valence-electron chi connectivity index (χ2n) is 6.31. The molecule has 1 unspecified atom stereocenters. The molecule has 0 fully saturated rings. The summed E-state index contributed by atoms with van der Waals surface area (Å²) >= 11 is 0. The first-order valence-corrected chi connectivity index (χ1v) is 6.38. The smallest absolute Gasteiger partial charge is 0.306 e. The van der Waals surface area contributed by atoms with Crippen molar-refractivity contribution in [3.8, 4) is 0 Å². The van der Waals surface area contributed by atoms with Gasteiger partial charge < -0.3 is 4.74 Å². The van der Waals surface area contributed by atoms with Crippen LogP contribution in [0.4, 0.5) is 0 Å². The van der Waals surface area contributed by atoms with Crippen LogP contribution >= 0.6 is 0 Å². The highest BCUT2D eigenvalue weighted by molar-refractivity contribution is 5.70. The molecule has 0 aromatic rings. The van der Waals surface area contributed by atoms with Crippen molar-refractivity contribution in [3.05, 3.63) is 0 Å². The number of hydrogen-bond donors (Lipinski definition) is 0. The normalized spacial score (nSPS) is 15.6. The minimum atomic E-state index is -0.0484. The molecule has 96 valence electrons. The van der Waals surface area contributed by atoms with Crippen molar-refractivity contribution < 1.29 is 9.53 Å². The van der Waals surface area contributed by atoms with E-state index in [0.717, 1.165) is 19.3 Å². The number of rotatable bonds is 6. The van der Waals surface area contributed by atoms with E-state index in [1.165, 1.54) is 0 Å². The van der Waals surface area contributed by atoms with Crippen LogP contribution in [0, 0.1) is 10.8 Å². The van der Waals surface area contributed by atoms with Crippen molar-refractivity contribution in [2.24, 2.45) is 10.8 Å². The highest BCUT2D eigenvalue weighted by Gasteiger charge is 2.26. The summed E-state index contributed by atoms with van der Waals surface area (Å²) in [6.45, 7) is 13.2. The molecule has 0 amide bonds. The van der Waals surface area contributed by atoms with E-state index in [9.17, 15) is 4.79 Å². The Morgan fingerprint density at radius 1 is 1.12 bits per heavy atom. The van der Waals surface area contributed by atoms with Gasteiger partial charge in [-0.25, -0.2) is 0 Å². The summed E-state index contributed by atoms with van der Waals surface area (Å²) in [5, 5.41) is 0. The molecule has 0 rings (SSSR count). The van der Waals surface area contributed by atoms with E-state index in [1.54, 1.807) is 0 Å². The Morgan fingerprint density at radius 2 is 1.69 bits per heavy atom. The molecule has 0 N–H and O–H groups in total. The van der Waals surface area contributed by atoms with Crippen LogP contribution in [0.25, 0.3) is 0 Å². The third-order valence-corrected chi connectivity index (χ3v) is 2.94. The first kappa shape index (κ1) is 15.5. The van der Waals surface area contributed by atoms with Crippen LogP contribution in [-0.2, 0) is 9.53 Å². The molecule has 0 aliphatic heterocycles. The zero-order valence-corrected chi connectivity index (χ0v) is 11.9. The van der Waals surface area contributed by atoms with Gasteiger partial charge in [-0.3, -0.25) is 4.79 Å². The average Bonchev–Trinajstić information content (AvgIpc) is 2.14. The lowest BCUT2D eigenvalue weighted by atomic mass is 9.80. The molecule has 0 spiro atoms. The van der Waals surface area contributed by atoms with Crippen LogP contribution in [0.2, 0.25) is 0 Å². The Labute approximate surface area is 101 Å². The van der Waals surface area contributed by atoms with E-state index in [4.69, 9.17) is 4.74 Å². The van der Waals surface area contributed by atoms with Crippen LogP contribution in [0.5, 0.6) is 0 Å². The zero-order chi connectivity index (χ0) is 12.8. The highest BCUT2D eigenvalue weighted by atomic mass is 16.5. The molecule has 0 aliphatic rings. The summed E-state index contributed by atoms with van der Waals surface area (Å²) in [7, 11) is 0. The number of carbonyl (C=O) groups excluding carboxylic acids is 1. The van der Waals surface area contributed by atoms with Crippen LogP contribution in [-0.4, -0.2) is 12.6 Å². The van der Waals surface area contributed by atoms with E-state index in [1.807, 2.05) is 0 Å². The molecule has 0 aromatic heterocycles. The number of ether oxygens (including phenoxy) is 1. The molecule has 0 saturated carbocycles. The predicted octanol–water partition coefficient (Wildman–Crippen LogP) is 4.18. The van der Waals surface area contributed by atoms with Gasteiger partial charge in [-0.1, -0.05) is 54.4 Å². The fourth-order valence-electron chi connectivity index (χ4n) is 1.69. The third kappa shape index (κ3) is 6.86. The SMILES string of the molecule is CCCC(C)(CC)CC(=O)OCC(C)(C)C. The van der Waals surface area contributed by atoms with Crippen molar-refractivity contribution in [2.75, 3.05) is 6.61 Å². The van der Waals surface area contributed by atoms with Crippen LogP contribution in [0.15, 0.2) is 0 Å². The van der Waals surface area contributed by atoms with Gasteiger partial charge in [0, 0.05) is 0 Å². The third-order valence-electron chi connectivity index (χ3n) is 2.94. The fourth-order valence-corrected chi connectivity index (χ4v) is 1.69. The van der Waals surface area contributed by atoms with Gasteiger partial charge in [0.25, 0.3) is 0 Å². The van der Waals surface area contributed by atoms with Gasteiger partial charge >= 0.3 is 5.97 Å². The average molecular weight is 228 g/mol. The molecule has 0 aromatic carbocycles. The van der Waals surface area contributed by atoms with Crippen LogP contribution in [0.3, 0.4) is 0 Å². The molecular weight excluding hydrogens is 200 g/mol. The molecular formula is C14H28O2. The second-order valence-corrected chi connectivity index (χ2v) is 6.31. The van der Waals surface area contributed by atoms with Gasteiger partial charge in [0.1, 0.15) is 0 Å². The number of esters is 1. The summed E-state index contributed by atoms with van der Waals surface area (Å²) in [4.78, 5) is 11.7. The van der Waals surface area contributed by atoms with Crippen LogP contribution in [0.1, 0.15) is 67.2 Å². The van der Waals surface area contributed by atoms with E-state index < -0.39 is 0 Å². The van der Waals surface area contributed by atoms with Gasteiger partial charge in [-0.15, -0.1) is 0 Å². The Balaban J connectivity index is 4.11. The maximum absolute atomic E-state index is 11.7. The Bertz CT molecular complexity index is 215. The summed E-state index contributed by atoms with van der Waals surface area (Å²) in [6.07, 6.45) is 3.80. The van der Waals surface area contributed by atoms with Gasteiger partial charge in [-0.2, -0.15) is 0 Å². The van der Waals surface area contributed by atoms with E-state index in [-0.39, 0.29) is 16.8 Å². The van der Waals surface area contributed by atoms with Crippen molar-refractivity contribution in [1.82, 2.24) is 0 Å². The second kappa shape index (κ2) is 6.27. The van der Waals surface area contributed by atoms with Crippen molar-refractivity contribution in [2.45, 2.75) is 67.2 Å². The van der Waals surface area contributed by atoms with Crippen LogP contribution < -0.4 is 0 Å². The molecule has 16 heavy (non-hydrogen) atoms. The first-order chi connectivity index (χ1) is 7.22. The number of hydrogen-bond acceptors (Lipinski definition) is 2. The van der Waals surface area contributed by atoms with Crippen molar-refractivity contribution >= 4 is 5.97 Å². The summed E-state index contributed by atoms with van der Waals surface area (Å²) in [6, 6.07) is 0. The molecule has 2 nitrogen and oxygen atoms in total. The van der Waals surface area contributed by atoms with Crippen molar-refractivity contribution in [1.29, 1.82) is 0 Å². The Hall–Kier alpha value is -0.530. The maximum atomic E-state index is 11.7. The molecule has 2 heteroatoms. The molecule has 0 bridgehead atoms. The standard InChI is InChI=1S/C14H28O2/c1-7-9-14(6,8-2)10-12(15)16-11-13(3,4)5/h7-11H2,1-6H3. The highest BCUT2D eigenvalue weighted by Crippen LogP contribution is 2.31. The minimum absolute atomic E-state index is 0.0484. The van der Waals surface area contributed by atoms with E-state index in [2.05, 4.69) is 41.5 Å². The van der Waals surface area contributed by atoms with Crippen molar-refractivity contribution in [3.63, 3.8) is 0 Å². The molecule has 0 heterocycles. The molecule has 0 saturated heterocycles. The maximum Gasteiger partial charge on any atom is 0.306 e. The van der Waals surface area contributed by atoms with E-state index in [0.29, 0.717) is 13.0 Å². The molecule has 0 aliphatic carbocycles. The summed E-state index contributed by atoms with van der Waals surface area (Å²) in [5.41, 5.74) is 0.173. The van der Waals surface area contributed by atoms with E-state index >= 15 is 0 Å². The van der Waals surface area contributed by atoms with Gasteiger partial charge in [0.15, 0.2) is 0 Å². The summed E-state index contributed by atoms with van der Waals surface area (Å²) < 4.78 is 5.31. The fraction of sp³-hybridized carbons (Fsp3) is 0.929. The molecule has 0 radical (unpaired) electrons. The quantitative estimate of drug-likeness (QED) is 0.637. The molecule has 1 atom stereocenters. The lowest BCUT2D eigenvalue weighted by Gasteiger charge is -2.27. The summed E-state index contributed by atoms with van der Waals surface area (Å²) in [5.74, 6) is -0.0484. The van der Waals surface area contributed by atoms with Gasteiger partial charge in [-0.05, 0) is 17.3 Å². The Morgan fingerprint density at radius 3 is 2.06 bits per heavy atom. The monoisotopic (exact) mass is 228 g/mol. The lowest BCUT2D eigenvalue weighted by Crippen LogP contribution is -2.24. The van der Waals surface area contributed by atoms with Gasteiger partial charge in [0.05, 0.1) is 13.0 Å². The first-order valence-electron chi connectivity index (χ1n) is 6.38. The minimum Gasteiger partial charge on any atom is -0.465 e. The predicted molar refractivity (Wildman–Crippen MR) is 68.3 cm³/mol. The lowest BCUT2D eigenvalue weighted by molar-refractivity contribution is -0.149. The zero-order valence-electron chi connectivity index (χ0n) is 11.9. The topological polar surface area (TPSA) is 26.3 Å². The van der Waals surface area contributed by atoms with Gasteiger partial charge in [0.2, 0.25) is 0 Å². The Kier molecular flexibility index (Phi) is 6.06.